The Labute approximate surface area is 212 Å². The van der Waals surface area contributed by atoms with E-state index in [0.717, 1.165) is 56.9 Å². The summed E-state index contributed by atoms with van der Waals surface area (Å²) in [4.78, 5) is 0. The molecule has 36 heavy (non-hydrogen) atoms. The van der Waals surface area contributed by atoms with Gasteiger partial charge in [-0.25, -0.2) is 4.39 Å². The van der Waals surface area contributed by atoms with Gasteiger partial charge in [-0.2, -0.15) is 13.2 Å². The summed E-state index contributed by atoms with van der Waals surface area (Å²) >= 11 is 0. The van der Waals surface area contributed by atoms with Crippen LogP contribution >= 0.6 is 0 Å². The van der Waals surface area contributed by atoms with Crippen molar-refractivity contribution in [2.45, 2.75) is 96.2 Å². The first kappa shape index (κ1) is 27.0. The lowest BCUT2D eigenvalue weighted by atomic mass is 9.69. The van der Waals surface area contributed by atoms with Crippen molar-refractivity contribution in [3.05, 3.63) is 64.7 Å². The molecule has 0 heterocycles. The Morgan fingerprint density at radius 1 is 0.778 bits per heavy atom. The Bertz CT molecular complexity index is 975. The molecule has 0 atom stereocenters. The maximum absolute atomic E-state index is 14.8. The van der Waals surface area contributed by atoms with Crippen molar-refractivity contribution in [1.82, 2.24) is 0 Å². The quantitative estimate of drug-likeness (QED) is 0.316. The van der Waals surface area contributed by atoms with E-state index in [9.17, 15) is 17.6 Å². The van der Waals surface area contributed by atoms with E-state index >= 15 is 0 Å². The molecule has 2 saturated carbocycles. The van der Waals surface area contributed by atoms with Crippen molar-refractivity contribution < 1.29 is 27.0 Å². The Hall–Kier alpha value is -2.08. The second-order valence-electron chi connectivity index (χ2n) is 10.4. The summed E-state index contributed by atoms with van der Waals surface area (Å²) in [6.07, 6.45) is 4.69. The van der Waals surface area contributed by atoms with Crippen LogP contribution in [0, 0.1) is 23.5 Å². The van der Waals surface area contributed by atoms with Crippen molar-refractivity contribution in [3.63, 3.8) is 0 Å². The molecule has 2 aliphatic rings. The third-order valence-electron chi connectivity index (χ3n) is 8.12. The molecule has 2 nitrogen and oxygen atoms in total. The van der Waals surface area contributed by atoms with Crippen LogP contribution in [0.25, 0.3) is 0 Å². The van der Waals surface area contributed by atoms with E-state index in [-0.39, 0.29) is 23.8 Å². The van der Waals surface area contributed by atoms with Gasteiger partial charge in [-0.1, -0.05) is 43.7 Å². The van der Waals surface area contributed by atoms with E-state index in [2.05, 4.69) is 6.92 Å². The zero-order chi connectivity index (χ0) is 25.7. The monoisotopic (exact) mass is 506 g/mol. The molecule has 2 aliphatic carbocycles. The Morgan fingerprint density at radius 3 is 1.97 bits per heavy atom. The molecule has 0 aliphatic heterocycles. The number of halogens is 4. The number of hydrogen-bond donors (Lipinski definition) is 0. The number of alkyl halides is 2. The van der Waals surface area contributed by atoms with Crippen molar-refractivity contribution in [2.75, 3.05) is 6.61 Å². The second kappa shape index (κ2) is 12.0. The highest BCUT2D eigenvalue weighted by atomic mass is 19.3. The van der Waals surface area contributed by atoms with Crippen LogP contribution in [0.5, 0.6) is 5.75 Å². The molecule has 2 aromatic rings. The lowest BCUT2D eigenvalue weighted by Crippen LogP contribution is -2.32. The SMILES string of the molecule is CCCc1ccc(C(F)(F)OC2CCC(C3CCC(c4ccc(OCC)c(F)c4F)CC3)CC2)cc1. The summed E-state index contributed by atoms with van der Waals surface area (Å²) in [6.45, 7) is 4.10. The van der Waals surface area contributed by atoms with Gasteiger partial charge in [-0.15, -0.1) is 0 Å². The lowest BCUT2D eigenvalue weighted by molar-refractivity contribution is -0.278. The summed E-state index contributed by atoms with van der Waals surface area (Å²) in [5.74, 6) is -0.732. The number of ether oxygens (including phenoxy) is 2. The van der Waals surface area contributed by atoms with Gasteiger partial charge in [0.1, 0.15) is 0 Å². The van der Waals surface area contributed by atoms with Crippen molar-refractivity contribution in [2.24, 2.45) is 11.8 Å². The summed E-state index contributed by atoms with van der Waals surface area (Å²) < 4.78 is 68.9. The zero-order valence-electron chi connectivity index (χ0n) is 21.4. The van der Waals surface area contributed by atoms with Crippen LogP contribution in [0.4, 0.5) is 17.6 Å². The van der Waals surface area contributed by atoms with Gasteiger partial charge in [-0.05, 0) is 99.7 Å². The Morgan fingerprint density at radius 2 is 1.39 bits per heavy atom. The van der Waals surface area contributed by atoms with Gasteiger partial charge in [0.15, 0.2) is 11.6 Å². The average molecular weight is 507 g/mol. The van der Waals surface area contributed by atoms with Crippen molar-refractivity contribution in [3.8, 4) is 5.75 Å². The highest BCUT2D eigenvalue weighted by Gasteiger charge is 2.39. The van der Waals surface area contributed by atoms with Crippen LogP contribution < -0.4 is 4.74 Å². The zero-order valence-corrected chi connectivity index (χ0v) is 21.4. The highest BCUT2D eigenvalue weighted by Crippen LogP contribution is 2.45. The van der Waals surface area contributed by atoms with Gasteiger partial charge >= 0.3 is 6.11 Å². The molecule has 0 radical (unpaired) electrons. The number of hydrogen-bond acceptors (Lipinski definition) is 2. The van der Waals surface area contributed by atoms with Gasteiger partial charge in [0, 0.05) is 0 Å². The maximum Gasteiger partial charge on any atom is 0.383 e. The van der Waals surface area contributed by atoms with Gasteiger partial charge in [0.2, 0.25) is 5.82 Å². The molecule has 0 unspecified atom stereocenters. The summed E-state index contributed by atoms with van der Waals surface area (Å²) in [5, 5.41) is 0. The fraction of sp³-hybridized carbons (Fsp3) is 0.600. The summed E-state index contributed by atoms with van der Waals surface area (Å²) in [5.41, 5.74) is 1.42. The maximum atomic E-state index is 14.8. The average Bonchev–Trinajstić information content (AvgIpc) is 2.88. The first-order chi connectivity index (χ1) is 17.3. The van der Waals surface area contributed by atoms with E-state index in [1.165, 1.54) is 18.2 Å². The van der Waals surface area contributed by atoms with Gasteiger partial charge in [0.05, 0.1) is 18.3 Å². The predicted molar refractivity (Wildman–Crippen MR) is 133 cm³/mol. The molecule has 4 rings (SSSR count). The highest BCUT2D eigenvalue weighted by molar-refractivity contribution is 5.33. The molecule has 198 valence electrons. The fourth-order valence-electron chi connectivity index (χ4n) is 6.14. The molecule has 0 bridgehead atoms. The van der Waals surface area contributed by atoms with E-state index in [1.807, 2.05) is 0 Å². The molecule has 2 aromatic carbocycles. The van der Waals surface area contributed by atoms with E-state index in [4.69, 9.17) is 9.47 Å². The third kappa shape index (κ3) is 6.24. The molecule has 2 fully saturated rings. The standard InChI is InChI=1S/C30H38F4O2/c1-3-5-20-6-14-24(15-7-20)30(33,34)36-25-16-12-22(13-17-25)21-8-10-23(11-9-21)26-18-19-27(35-4-2)29(32)28(26)31/h6-7,14-15,18-19,21-23,25H,3-5,8-13,16-17H2,1-2H3. The Balaban J connectivity index is 1.26. The third-order valence-corrected chi connectivity index (χ3v) is 8.12. The molecule has 0 saturated heterocycles. The molecular weight excluding hydrogens is 468 g/mol. The molecule has 6 heteroatoms. The first-order valence-electron chi connectivity index (χ1n) is 13.6. The number of benzene rings is 2. The minimum absolute atomic E-state index is 0.00788. The van der Waals surface area contributed by atoms with Gasteiger partial charge in [0.25, 0.3) is 0 Å². The molecular formula is C30H38F4O2. The van der Waals surface area contributed by atoms with Crippen molar-refractivity contribution >= 4 is 0 Å². The van der Waals surface area contributed by atoms with E-state index in [1.54, 1.807) is 25.1 Å². The van der Waals surface area contributed by atoms with Crippen LogP contribution in [-0.4, -0.2) is 12.7 Å². The lowest BCUT2D eigenvalue weighted by Gasteiger charge is -2.38. The normalized spacial score (nSPS) is 25.1. The largest absolute Gasteiger partial charge is 0.491 e. The van der Waals surface area contributed by atoms with Crippen LogP contribution in [0.2, 0.25) is 0 Å². The predicted octanol–water partition coefficient (Wildman–Crippen LogP) is 8.91. The van der Waals surface area contributed by atoms with E-state index < -0.39 is 23.8 Å². The smallest absolute Gasteiger partial charge is 0.383 e. The number of rotatable bonds is 9. The van der Waals surface area contributed by atoms with Gasteiger partial charge < -0.3 is 9.47 Å². The molecule has 0 aromatic heterocycles. The Kier molecular flexibility index (Phi) is 8.97. The minimum atomic E-state index is -3.28. The van der Waals surface area contributed by atoms with Crippen LogP contribution in [0.3, 0.4) is 0 Å². The topological polar surface area (TPSA) is 18.5 Å². The van der Waals surface area contributed by atoms with E-state index in [0.29, 0.717) is 30.2 Å². The van der Waals surface area contributed by atoms with Crippen LogP contribution in [0.15, 0.2) is 36.4 Å². The summed E-state index contributed by atoms with van der Waals surface area (Å²) in [7, 11) is 0. The molecule has 0 amide bonds. The van der Waals surface area contributed by atoms with Crippen molar-refractivity contribution in [1.29, 1.82) is 0 Å². The molecule has 0 spiro atoms. The first-order valence-corrected chi connectivity index (χ1v) is 13.6. The molecule has 0 N–H and O–H groups in total. The minimum Gasteiger partial charge on any atom is -0.491 e. The summed E-state index contributed by atoms with van der Waals surface area (Å²) in [6, 6.07) is 9.67. The van der Waals surface area contributed by atoms with Crippen LogP contribution in [-0.2, 0) is 17.3 Å². The van der Waals surface area contributed by atoms with Crippen LogP contribution in [0.1, 0.15) is 94.2 Å². The fourth-order valence-corrected chi connectivity index (χ4v) is 6.14. The number of aryl methyl sites for hydroxylation is 1. The van der Waals surface area contributed by atoms with Gasteiger partial charge in [-0.3, -0.25) is 0 Å². The second-order valence-corrected chi connectivity index (χ2v) is 10.4.